The van der Waals surface area contributed by atoms with E-state index in [4.69, 9.17) is 5.11 Å². The van der Waals surface area contributed by atoms with Crippen LogP contribution >= 0.6 is 0 Å². The molecule has 0 saturated carbocycles. The molecule has 1 aromatic heterocycles. The van der Waals surface area contributed by atoms with Crippen molar-refractivity contribution in [3.05, 3.63) is 34.1 Å². The Bertz CT molecular complexity index is 787. The molecule has 2 aromatic rings. The minimum Gasteiger partial charge on any atom is -0.481 e. The fraction of sp³-hybridized carbons (Fsp3) is 0.357. The van der Waals surface area contributed by atoms with E-state index in [0.29, 0.717) is 16.9 Å². The molecular formula is C14H17N5O5. The second kappa shape index (κ2) is 6.94. The van der Waals surface area contributed by atoms with Crippen LogP contribution in [0.15, 0.2) is 18.2 Å². The largest absolute Gasteiger partial charge is 0.481 e. The minimum absolute atomic E-state index is 0.0517. The second-order valence-corrected chi connectivity index (χ2v) is 5.42. The van der Waals surface area contributed by atoms with Gasteiger partial charge in [0.25, 0.3) is 5.69 Å². The highest BCUT2D eigenvalue weighted by atomic mass is 16.6. The number of H-pyrrole nitrogens is 1. The number of nitrogens with zero attached hydrogens (tertiary/aromatic N) is 3. The lowest BCUT2D eigenvalue weighted by Crippen LogP contribution is -2.40. The van der Waals surface area contributed by atoms with Crippen LogP contribution in [0.25, 0.3) is 11.0 Å². The van der Waals surface area contributed by atoms with Crippen LogP contribution in [-0.4, -0.2) is 50.5 Å². The Morgan fingerprint density at radius 2 is 2.21 bits per heavy atom. The lowest BCUT2D eigenvalue weighted by Gasteiger charge is -2.19. The molecule has 0 radical (unpaired) electrons. The number of rotatable bonds is 6. The highest BCUT2D eigenvalue weighted by molar-refractivity contribution is 5.78. The number of carboxylic acids is 1. The number of hydrogen-bond donors (Lipinski definition) is 3. The third-order valence-electron chi connectivity index (χ3n) is 3.45. The van der Waals surface area contributed by atoms with E-state index in [1.165, 1.54) is 37.1 Å². The van der Waals surface area contributed by atoms with E-state index in [-0.39, 0.29) is 18.8 Å². The highest BCUT2D eigenvalue weighted by Crippen LogP contribution is 2.18. The van der Waals surface area contributed by atoms with Crippen LogP contribution in [0.2, 0.25) is 0 Å². The van der Waals surface area contributed by atoms with Crippen LogP contribution < -0.4 is 5.32 Å². The summed E-state index contributed by atoms with van der Waals surface area (Å²) in [6.07, 6.45) is 0. The zero-order chi connectivity index (χ0) is 17.9. The number of hydrogen-bond acceptors (Lipinski definition) is 5. The van der Waals surface area contributed by atoms with Crippen LogP contribution in [0.3, 0.4) is 0 Å². The molecule has 0 spiro atoms. The predicted octanol–water partition coefficient (Wildman–Crippen LogP) is 1.33. The van der Waals surface area contributed by atoms with Crippen molar-refractivity contribution in [3.63, 3.8) is 0 Å². The zero-order valence-electron chi connectivity index (χ0n) is 13.1. The maximum atomic E-state index is 11.9. The van der Waals surface area contributed by atoms with Gasteiger partial charge >= 0.3 is 12.0 Å². The molecule has 0 fully saturated rings. The number of nitro groups is 1. The molecule has 0 saturated heterocycles. The average molecular weight is 335 g/mol. The Balaban J connectivity index is 1.98. The predicted molar refractivity (Wildman–Crippen MR) is 84.4 cm³/mol. The number of carbonyl (C=O) groups excluding carboxylic acids is 1. The molecule has 1 aromatic carbocycles. The molecule has 1 heterocycles. The van der Waals surface area contributed by atoms with E-state index < -0.39 is 22.8 Å². The molecule has 1 unspecified atom stereocenters. The van der Waals surface area contributed by atoms with Crippen LogP contribution in [-0.2, 0) is 11.3 Å². The van der Waals surface area contributed by atoms with Gasteiger partial charge in [0.2, 0.25) is 0 Å². The number of fused-ring (bicyclic) bond motifs is 1. The molecule has 128 valence electrons. The van der Waals surface area contributed by atoms with E-state index in [0.717, 1.165) is 0 Å². The topological polar surface area (TPSA) is 141 Å². The van der Waals surface area contributed by atoms with Crippen molar-refractivity contribution in [2.24, 2.45) is 5.92 Å². The van der Waals surface area contributed by atoms with Gasteiger partial charge in [-0.15, -0.1) is 0 Å². The number of aromatic amines is 1. The summed E-state index contributed by atoms with van der Waals surface area (Å²) in [5.74, 6) is -1.21. The molecule has 2 rings (SSSR count). The summed E-state index contributed by atoms with van der Waals surface area (Å²) in [6.45, 7) is 1.68. The number of nitro benzene ring substituents is 1. The monoisotopic (exact) mass is 335 g/mol. The average Bonchev–Trinajstić information content (AvgIpc) is 2.93. The van der Waals surface area contributed by atoms with Crippen molar-refractivity contribution in [2.75, 3.05) is 13.6 Å². The Morgan fingerprint density at radius 3 is 2.83 bits per heavy atom. The Kier molecular flexibility index (Phi) is 4.97. The quantitative estimate of drug-likeness (QED) is 0.537. The number of imidazole rings is 1. The fourth-order valence-electron chi connectivity index (χ4n) is 2.11. The van der Waals surface area contributed by atoms with Gasteiger partial charge in [0, 0.05) is 25.7 Å². The number of urea groups is 1. The smallest absolute Gasteiger partial charge is 0.317 e. The van der Waals surface area contributed by atoms with Gasteiger partial charge in [-0.25, -0.2) is 9.78 Å². The normalized spacial score (nSPS) is 11.9. The van der Waals surface area contributed by atoms with Gasteiger partial charge in [0.15, 0.2) is 0 Å². The minimum atomic E-state index is -0.978. The van der Waals surface area contributed by atoms with Crippen molar-refractivity contribution < 1.29 is 19.6 Å². The number of aromatic nitrogens is 2. The van der Waals surface area contributed by atoms with E-state index in [2.05, 4.69) is 15.3 Å². The van der Waals surface area contributed by atoms with E-state index >= 15 is 0 Å². The van der Waals surface area contributed by atoms with Gasteiger partial charge in [-0.05, 0) is 6.07 Å². The number of non-ortho nitro benzene ring substituents is 1. The number of benzene rings is 1. The van der Waals surface area contributed by atoms with Gasteiger partial charge in [-0.1, -0.05) is 6.92 Å². The molecule has 10 heteroatoms. The standard InChI is InChI=1S/C14H17N5O5/c1-8(13(20)21)7-18(2)14(22)15-6-12-16-10-4-3-9(19(23)24)5-11(10)17-12/h3-5,8H,6-7H2,1-2H3,(H,15,22)(H,16,17)(H,20,21). The first kappa shape index (κ1) is 17.2. The van der Waals surface area contributed by atoms with Crippen molar-refractivity contribution in [1.82, 2.24) is 20.2 Å². The van der Waals surface area contributed by atoms with Crippen LogP contribution in [0.1, 0.15) is 12.7 Å². The number of carbonyl (C=O) groups is 2. The third-order valence-corrected chi connectivity index (χ3v) is 3.45. The van der Waals surface area contributed by atoms with Crippen LogP contribution in [0.4, 0.5) is 10.5 Å². The molecule has 0 aliphatic rings. The fourth-order valence-corrected chi connectivity index (χ4v) is 2.11. The van der Waals surface area contributed by atoms with E-state index in [9.17, 15) is 19.7 Å². The van der Waals surface area contributed by atoms with Gasteiger partial charge < -0.3 is 20.3 Å². The molecule has 3 N–H and O–H groups in total. The summed E-state index contributed by atoms with van der Waals surface area (Å²) < 4.78 is 0. The van der Waals surface area contributed by atoms with Gasteiger partial charge in [0.1, 0.15) is 5.82 Å². The lowest BCUT2D eigenvalue weighted by atomic mass is 10.2. The molecule has 10 nitrogen and oxygen atoms in total. The summed E-state index contributed by atoms with van der Waals surface area (Å²) in [4.78, 5) is 41.4. The molecule has 24 heavy (non-hydrogen) atoms. The van der Waals surface area contributed by atoms with Crippen molar-refractivity contribution in [2.45, 2.75) is 13.5 Å². The first-order chi connectivity index (χ1) is 11.3. The van der Waals surface area contributed by atoms with Crippen molar-refractivity contribution in [1.29, 1.82) is 0 Å². The second-order valence-electron chi connectivity index (χ2n) is 5.42. The summed E-state index contributed by atoms with van der Waals surface area (Å²) in [7, 11) is 1.50. The van der Waals surface area contributed by atoms with Crippen molar-refractivity contribution in [3.8, 4) is 0 Å². The van der Waals surface area contributed by atoms with E-state index in [1.54, 1.807) is 0 Å². The maximum absolute atomic E-state index is 11.9. The van der Waals surface area contributed by atoms with Gasteiger partial charge in [0.05, 0.1) is 28.4 Å². The maximum Gasteiger partial charge on any atom is 0.317 e. The van der Waals surface area contributed by atoms with Crippen molar-refractivity contribution >= 4 is 28.7 Å². The molecule has 2 amide bonds. The summed E-state index contributed by atoms with van der Waals surface area (Å²) in [6, 6.07) is 3.81. The zero-order valence-corrected chi connectivity index (χ0v) is 13.1. The van der Waals surface area contributed by atoms with E-state index in [1.807, 2.05) is 0 Å². The van der Waals surface area contributed by atoms with Crippen LogP contribution in [0.5, 0.6) is 0 Å². The Hall–Kier alpha value is -3.17. The molecule has 0 bridgehead atoms. The van der Waals surface area contributed by atoms with Crippen LogP contribution in [0, 0.1) is 16.0 Å². The molecular weight excluding hydrogens is 318 g/mol. The highest BCUT2D eigenvalue weighted by Gasteiger charge is 2.17. The Morgan fingerprint density at radius 1 is 1.50 bits per heavy atom. The first-order valence-electron chi connectivity index (χ1n) is 7.12. The SMILES string of the molecule is CC(CN(C)C(=O)NCc1nc2ccc([N+](=O)[O-])cc2[nH]1)C(=O)O. The summed E-state index contributed by atoms with van der Waals surface area (Å²) >= 11 is 0. The number of nitrogens with one attached hydrogen (secondary N) is 2. The number of amides is 2. The summed E-state index contributed by atoms with van der Waals surface area (Å²) in [5.41, 5.74) is 1.00. The van der Waals surface area contributed by atoms with Gasteiger partial charge in [-0.3, -0.25) is 14.9 Å². The number of carboxylic acid groups (broad SMARTS) is 1. The molecule has 0 aliphatic carbocycles. The Labute approximate surface area is 136 Å². The first-order valence-corrected chi connectivity index (χ1v) is 7.12. The molecule has 0 aliphatic heterocycles. The lowest BCUT2D eigenvalue weighted by molar-refractivity contribution is -0.384. The number of aliphatic carboxylic acids is 1. The van der Waals surface area contributed by atoms with Gasteiger partial charge in [-0.2, -0.15) is 0 Å². The third kappa shape index (κ3) is 3.97. The molecule has 1 atom stereocenters. The summed E-state index contributed by atoms with van der Waals surface area (Å²) in [5, 5.41) is 22.2.